The molecule has 0 aliphatic carbocycles. The van der Waals surface area contributed by atoms with Crippen molar-refractivity contribution in [3.8, 4) is 11.5 Å². The molecule has 0 saturated carbocycles. The van der Waals surface area contributed by atoms with Crippen molar-refractivity contribution in [3.63, 3.8) is 0 Å². The second-order valence-corrected chi connectivity index (χ2v) is 9.50. The summed E-state index contributed by atoms with van der Waals surface area (Å²) >= 11 is 0. The number of para-hydroxylation sites is 2. The van der Waals surface area contributed by atoms with E-state index in [1.807, 2.05) is 0 Å². The first-order chi connectivity index (χ1) is 22.7. The van der Waals surface area contributed by atoms with Gasteiger partial charge in [-0.15, -0.1) is 0 Å². The lowest BCUT2D eigenvalue weighted by atomic mass is 10.1. The Morgan fingerprint density at radius 2 is 1.08 bits per heavy atom. The van der Waals surface area contributed by atoms with Crippen LogP contribution in [0.2, 0.25) is 0 Å². The number of amides is 2. The summed E-state index contributed by atoms with van der Waals surface area (Å²) in [4.78, 5) is 70.7. The summed E-state index contributed by atoms with van der Waals surface area (Å²) in [5.74, 6) is -2.45. The minimum absolute atomic E-state index is 0.0322. The van der Waals surface area contributed by atoms with E-state index >= 15 is 0 Å². The molecular formula is C35H32N2O11. The summed E-state index contributed by atoms with van der Waals surface area (Å²) in [5.41, 5.74) is 3.48. The van der Waals surface area contributed by atoms with Crippen molar-refractivity contribution in [1.82, 2.24) is 0 Å². The molecule has 0 spiro atoms. The van der Waals surface area contributed by atoms with Crippen LogP contribution < -0.4 is 10.6 Å². The van der Waals surface area contributed by atoms with Gasteiger partial charge in [-0.05, 0) is 91.2 Å². The number of aromatic hydroxyl groups is 2. The third-order valence-corrected chi connectivity index (χ3v) is 5.89. The van der Waals surface area contributed by atoms with Gasteiger partial charge in [-0.3, -0.25) is 14.4 Å². The number of carbonyl (C=O) groups excluding carboxylic acids is 5. The van der Waals surface area contributed by atoms with Crippen molar-refractivity contribution in [2.75, 3.05) is 10.6 Å². The average molecular weight is 657 g/mol. The number of carbonyl (C=O) groups is 5. The fourth-order valence-corrected chi connectivity index (χ4v) is 3.63. The first kappa shape index (κ1) is 39.2. The van der Waals surface area contributed by atoms with E-state index in [2.05, 4.69) is 10.6 Å². The molecule has 13 nitrogen and oxygen atoms in total. The maximum absolute atomic E-state index is 11.9. The smallest absolute Gasteiger partial charge is 0.373 e. The van der Waals surface area contributed by atoms with Crippen LogP contribution in [0.25, 0.3) is 6.08 Å². The summed E-state index contributed by atoms with van der Waals surface area (Å²) in [5, 5.41) is 41.2. The maximum atomic E-state index is 11.9. The Morgan fingerprint density at radius 1 is 0.667 bits per heavy atom. The molecule has 2 amide bonds. The molecule has 0 unspecified atom stereocenters. The van der Waals surface area contributed by atoms with Gasteiger partial charge in [-0.2, -0.15) is 9.59 Å². The van der Waals surface area contributed by atoms with Crippen LogP contribution in [0, 0.1) is 13.8 Å². The van der Waals surface area contributed by atoms with E-state index in [9.17, 15) is 29.1 Å². The predicted molar refractivity (Wildman–Crippen MR) is 175 cm³/mol. The SMILES string of the molecule is CC(=O)Nc1ccccc1C(=O)O.Cc1cc(/C=C/C(=O)Nc2ccccc2C(=O)O)ccc1O.Cc1cc(C=O)ccc1O.O=C=O. The Kier molecular flexibility index (Phi) is 16.5. The lowest BCUT2D eigenvalue weighted by Gasteiger charge is -2.06. The van der Waals surface area contributed by atoms with Crippen molar-refractivity contribution < 1.29 is 54.0 Å². The quantitative estimate of drug-likeness (QED) is 0.110. The van der Waals surface area contributed by atoms with Crippen molar-refractivity contribution in [1.29, 1.82) is 0 Å². The number of phenolic OH excluding ortho intramolecular Hbond substituents is 2. The van der Waals surface area contributed by atoms with Crippen LogP contribution in [0.4, 0.5) is 11.4 Å². The first-order valence-corrected chi connectivity index (χ1v) is 13.7. The Bertz CT molecular complexity index is 1830. The monoisotopic (exact) mass is 656 g/mol. The number of carboxylic acids is 2. The fourth-order valence-electron chi connectivity index (χ4n) is 3.63. The number of phenols is 2. The van der Waals surface area contributed by atoms with Crippen LogP contribution in [0.5, 0.6) is 11.5 Å². The van der Waals surface area contributed by atoms with Gasteiger partial charge in [0.2, 0.25) is 11.8 Å². The summed E-state index contributed by atoms with van der Waals surface area (Å²) in [7, 11) is 0. The molecule has 4 aromatic carbocycles. The average Bonchev–Trinajstić information content (AvgIpc) is 3.04. The highest BCUT2D eigenvalue weighted by Gasteiger charge is 2.10. The van der Waals surface area contributed by atoms with Gasteiger partial charge in [0.1, 0.15) is 17.8 Å². The first-order valence-electron chi connectivity index (χ1n) is 13.7. The molecule has 0 atom stereocenters. The van der Waals surface area contributed by atoms with E-state index in [-0.39, 0.29) is 40.4 Å². The largest absolute Gasteiger partial charge is 0.508 e. The maximum Gasteiger partial charge on any atom is 0.373 e. The molecule has 48 heavy (non-hydrogen) atoms. The standard InChI is InChI=1S/C17H15NO4.C9H9NO3.C8H8O2.CO2/c1-11-10-12(6-8-15(11)19)7-9-16(20)18-14-5-3-2-4-13(14)17(21)22;1-6(11)10-8-5-3-2-4-7(8)9(12)13;1-6-4-7(5-9)2-3-8(6)10;2-1-3/h2-10,19H,1H3,(H,18,20)(H,21,22);2-5H,1H3,(H,10,11)(H,12,13);2-5,10H,1H3;/b9-7+;;;. The molecule has 4 rings (SSSR count). The zero-order valence-corrected chi connectivity index (χ0v) is 26.0. The number of nitrogens with one attached hydrogen (secondary N) is 2. The van der Waals surface area contributed by atoms with Crippen molar-refractivity contribution in [2.24, 2.45) is 0 Å². The summed E-state index contributed by atoms with van der Waals surface area (Å²) in [6, 6.07) is 22.1. The minimum Gasteiger partial charge on any atom is -0.508 e. The number of hydrogen-bond donors (Lipinski definition) is 6. The Morgan fingerprint density at radius 3 is 1.50 bits per heavy atom. The topological polar surface area (TPSA) is 224 Å². The number of aryl methyl sites for hydroxylation is 2. The van der Waals surface area contributed by atoms with Crippen molar-refractivity contribution in [2.45, 2.75) is 20.8 Å². The molecule has 4 aromatic rings. The molecule has 248 valence electrons. The van der Waals surface area contributed by atoms with E-state index in [1.165, 1.54) is 37.3 Å². The molecule has 0 heterocycles. The number of anilines is 2. The van der Waals surface area contributed by atoms with Gasteiger partial charge in [0.05, 0.1) is 22.5 Å². The zero-order chi connectivity index (χ0) is 36.2. The summed E-state index contributed by atoms with van der Waals surface area (Å²) in [6.45, 7) is 4.84. The highest BCUT2D eigenvalue weighted by Crippen LogP contribution is 2.19. The fraction of sp³-hybridized carbons (Fsp3) is 0.0857. The van der Waals surface area contributed by atoms with Gasteiger partial charge in [-0.1, -0.05) is 30.3 Å². The number of hydrogen-bond acceptors (Lipinski definition) is 9. The van der Waals surface area contributed by atoms with E-state index in [0.29, 0.717) is 16.8 Å². The number of carboxylic acid groups (broad SMARTS) is 2. The Balaban J connectivity index is 0.000000375. The van der Waals surface area contributed by atoms with Gasteiger partial charge < -0.3 is 31.1 Å². The highest BCUT2D eigenvalue weighted by atomic mass is 16.4. The molecule has 0 fully saturated rings. The Hall–Kier alpha value is -6.85. The van der Waals surface area contributed by atoms with Gasteiger partial charge in [0.25, 0.3) is 0 Å². The van der Waals surface area contributed by atoms with Crippen LogP contribution in [-0.2, 0) is 19.2 Å². The van der Waals surface area contributed by atoms with Crippen LogP contribution in [0.3, 0.4) is 0 Å². The van der Waals surface area contributed by atoms with E-state index in [0.717, 1.165) is 17.4 Å². The normalized spacial score (nSPS) is 9.48. The van der Waals surface area contributed by atoms with Gasteiger partial charge in [0, 0.05) is 18.6 Å². The second kappa shape index (κ2) is 20.2. The number of benzene rings is 4. The van der Waals surface area contributed by atoms with E-state index < -0.39 is 17.8 Å². The minimum atomic E-state index is -1.10. The molecule has 0 radical (unpaired) electrons. The van der Waals surface area contributed by atoms with Gasteiger partial charge >= 0.3 is 18.1 Å². The molecule has 0 saturated heterocycles. The second-order valence-electron chi connectivity index (χ2n) is 9.50. The van der Waals surface area contributed by atoms with E-state index in [4.69, 9.17) is 24.9 Å². The number of rotatable bonds is 7. The third kappa shape index (κ3) is 13.8. The summed E-state index contributed by atoms with van der Waals surface area (Å²) in [6.07, 6.45) is 3.90. The predicted octanol–water partition coefficient (Wildman–Crippen LogP) is 5.32. The lowest BCUT2D eigenvalue weighted by Crippen LogP contribution is -2.11. The zero-order valence-electron chi connectivity index (χ0n) is 26.0. The number of aromatic carboxylic acids is 2. The molecule has 0 aromatic heterocycles. The Labute approximate surface area is 274 Å². The third-order valence-electron chi connectivity index (χ3n) is 5.89. The van der Waals surface area contributed by atoms with Crippen LogP contribution in [-0.4, -0.2) is 56.6 Å². The van der Waals surface area contributed by atoms with Gasteiger partial charge in [0.15, 0.2) is 0 Å². The lowest BCUT2D eigenvalue weighted by molar-refractivity contribution is -0.191. The summed E-state index contributed by atoms with van der Waals surface area (Å²) < 4.78 is 0. The van der Waals surface area contributed by atoms with Crippen molar-refractivity contribution >= 4 is 53.6 Å². The van der Waals surface area contributed by atoms with Crippen LogP contribution in [0.15, 0.2) is 91.0 Å². The molecule has 0 bridgehead atoms. The van der Waals surface area contributed by atoms with Gasteiger partial charge in [-0.25, -0.2) is 9.59 Å². The highest BCUT2D eigenvalue weighted by molar-refractivity contribution is 6.06. The molecule has 0 aliphatic rings. The van der Waals surface area contributed by atoms with Crippen molar-refractivity contribution in [3.05, 3.63) is 124 Å². The van der Waals surface area contributed by atoms with Crippen LogP contribution in [0.1, 0.15) is 54.7 Å². The molecular weight excluding hydrogens is 624 g/mol. The molecule has 13 heteroatoms. The molecule has 6 N–H and O–H groups in total. The van der Waals surface area contributed by atoms with E-state index in [1.54, 1.807) is 80.6 Å². The molecule has 0 aliphatic heterocycles. The number of aldehydes is 1. The van der Waals surface area contributed by atoms with Crippen LogP contribution >= 0.6 is 0 Å².